The van der Waals surface area contributed by atoms with Crippen molar-refractivity contribution >= 4 is 17.9 Å². The molecule has 24 heavy (non-hydrogen) atoms. The Labute approximate surface area is 144 Å². The summed E-state index contributed by atoms with van der Waals surface area (Å²) >= 11 is 0. The Balaban J connectivity index is 5.21. The Bertz CT molecular complexity index is 351. The summed E-state index contributed by atoms with van der Waals surface area (Å²) < 4.78 is 14.9. The van der Waals surface area contributed by atoms with E-state index in [9.17, 15) is 14.4 Å². The number of ether oxygens (including phenoxy) is 3. The van der Waals surface area contributed by atoms with Gasteiger partial charge in [-0.15, -0.1) is 0 Å². The van der Waals surface area contributed by atoms with Gasteiger partial charge in [-0.25, -0.2) is 0 Å². The summed E-state index contributed by atoms with van der Waals surface area (Å²) in [5.74, 6) is -2.70. The lowest BCUT2D eigenvalue weighted by atomic mass is 9.82. The molecule has 0 bridgehead atoms. The van der Waals surface area contributed by atoms with Crippen molar-refractivity contribution in [1.82, 2.24) is 0 Å². The fourth-order valence-electron chi connectivity index (χ4n) is 2.38. The van der Waals surface area contributed by atoms with Crippen LogP contribution in [0.2, 0.25) is 0 Å². The van der Waals surface area contributed by atoms with Crippen LogP contribution >= 0.6 is 0 Å². The van der Waals surface area contributed by atoms with Crippen LogP contribution < -0.4 is 5.73 Å². The first-order valence-corrected chi connectivity index (χ1v) is 8.72. The molecule has 0 heterocycles. The molecule has 0 atom stereocenters. The average molecular weight is 345 g/mol. The Morgan fingerprint density at radius 2 is 1.08 bits per heavy atom. The number of esters is 3. The second-order valence-electron chi connectivity index (χ2n) is 5.37. The third-order valence-electron chi connectivity index (χ3n) is 3.63. The van der Waals surface area contributed by atoms with E-state index < -0.39 is 23.3 Å². The SMILES string of the molecule is CCOC(=O)C(CCCCCCCN)(C(=O)OCC)C(=O)OCC. The number of hydrogen-bond acceptors (Lipinski definition) is 7. The topological polar surface area (TPSA) is 105 Å². The van der Waals surface area contributed by atoms with Gasteiger partial charge in [-0.1, -0.05) is 25.7 Å². The smallest absolute Gasteiger partial charge is 0.335 e. The summed E-state index contributed by atoms with van der Waals surface area (Å²) in [7, 11) is 0. The molecule has 0 aromatic rings. The van der Waals surface area contributed by atoms with Crippen LogP contribution in [0.1, 0.15) is 59.3 Å². The highest BCUT2D eigenvalue weighted by Crippen LogP contribution is 2.31. The maximum atomic E-state index is 12.4. The quantitative estimate of drug-likeness (QED) is 0.235. The standard InChI is InChI=1S/C17H31NO6/c1-4-22-14(19)17(15(20)23-5-2,16(21)24-6-3)12-10-8-7-9-11-13-18/h4-13,18H2,1-3H3. The van der Waals surface area contributed by atoms with Gasteiger partial charge in [0.1, 0.15) is 0 Å². The minimum Gasteiger partial charge on any atom is -0.465 e. The van der Waals surface area contributed by atoms with Gasteiger partial charge in [0.25, 0.3) is 5.41 Å². The van der Waals surface area contributed by atoms with Crippen molar-refractivity contribution in [2.24, 2.45) is 11.1 Å². The lowest BCUT2D eigenvalue weighted by molar-refractivity contribution is -0.184. The van der Waals surface area contributed by atoms with Crippen molar-refractivity contribution in [1.29, 1.82) is 0 Å². The molecule has 0 fully saturated rings. The molecule has 0 aliphatic heterocycles. The largest absolute Gasteiger partial charge is 0.465 e. The summed E-state index contributed by atoms with van der Waals surface area (Å²) in [6.45, 7) is 5.68. The van der Waals surface area contributed by atoms with E-state index in [2.05, 4.69) is 0 Å². The maximum absolute atomic E-state index is 12.4. The normalized spacial score (nSPS) is 11.0. The zero-order chi connectivity index (χ0) is 18.4. The number of rotatable bonds is 13. The summed E-state index contributed by atoms with van der Waals surface area (Å²) in [5, 5.41) is 0. The van der Waals surface area contributed by atoms with E-state index in [1.807, 2.05) is 0 Å². The molecule has 0 aromatic carbocycles. The van der Waals surface area contributed by atoms with Crippen molar-refractivity contribution in [3.8, 4) is 0 Å². The van der Waals surface area contributed by atoms with Crippen LogP contribution in [0.25, 0.3) is 0 Å². The molecule has 2 N–H and O–H groups in total. The van der Waals surface area contributed by atoms with Crippen LogP contribution in [-0.4, -0.2) is 44.3 Å². The van der Waals surface area contributed by atoms with Gasteiger partial charge >= 0.3 is 17.9 Å². The zero-order valence-electron chi connectivity index (χ0n) is 15.1. The molecule has 0 aromatic heterocycles. The molecular formula is C17H31NO6. The van der Waals surface area contributed by atoms with Crippen LogP contribution in [0.5, 0.6) is 0 Å². The molecule has 0 saturated carbocycles. The molecule has 0 saturated heterocycles. The Morgan fingerprint density at radius 1 is 0.708 bits per heavy atom. The molecule has 140 valence electrons. The van der Waals surface area contributed by atoms with Crippen molar-refractivity contribution in [3.63, 3.8) is 0 Å². The summed E-state index contributed by atoms with van der Waals surface area (Å²) in [5.41, 5.74) is 3.42. The van der Waals surface area contributed by atoms with E-state index in [-0.39, 0.29) is 26.2 Å². The van der Waals surface area contributed by atoms with Crippen LogP contribution in [-0.2, 0) is 28.6 Å². The van der Waals surface area contributed by atoms with E-state index in [1.165, 1.54) is 0 Å². The van der Waals surface area contributed by atoms with Gasteiger partial charge in [0.2, 0.25) is 0 Å². The zero-order valence-corrected chi connectivity index (χ0v) is 15.1. The Kier molecular flexibility index (Phi) is 11.9. The number of hydrogen-bond donors (Lipinski definition) is 1. The van der Waals surface area contributed by atoms with E-state index in [0.29, 0.717) is 13.0 Å². The second-order valence-corrected chi connectivity index (χ2v) is 5.37. The molecule has 0 rings (SSSR count). The van der Waals surface area contributed by atoms with Gasteiger partial charge in [0, 0.05) is 0 Å². The lowest BCUT2D eigenvalue weighted by Gasteiger charge is -2.27. The van der Waals surface area contributed by atoms with Gasteiger partial charge in [-0.2, -0.15) is 0 Å². The van der Waals surface area contributed by atoms with Gasteiger partial charge in [-0.05, 0) is 40.2 Å². The number of unbranched alkanes of at least 4 members (excludes halogenated alkanes) is 4. The molecule has 0 aliphatic carbocycles. The maximum Gasteiger partial charge on any atom is 0.335 e. The highest BCUT2D eigenvalue weighted by Gasteiger charge is 2.56. The van der Waals surface area contributed by atoms with Gasteiger partial charge < -0.3 is 19.9 Å². The van der Waals surface area contributed by atoms with Crippen LogP contribution in [0.15, 0.2) is 0 Å². The van der Waals surface area contributed by atoms with E-state index >= 15 is 0 Å². The highest BCUT2D eigenvalue weighted by atomic mass is 16.6. The third-order valence-corrected chi connectivity index (χ3v) is 3.63. The first kappa shape index (κ1) is 22.4. The number of carbonyl (C=O) groups excluding carboxylic acids is 3. The van der Waals surface area contributed by atoms with E-state index in [1.54, 1.807) is 20.8 Å². The van der Waals surface area contributed by atoms with Crippen LogP contribution in [0.4, 0.5) is 0 Å². The fourth-order valence-corrected chi connectivity index (χ4v) is 2.38. The second kappa shape index (κ2) is 12.8. The predicted octanol–water partition coefficient (Wildman–Crippen LogP) is 1.96. The van der Waals surface area contributed by atoms with Crippen molar-refractivity contribution < 1.29 is 28.6 Å². The average Bonchev–Trinajstić information content (AvgIpc) is 2.55. The Morgan fingerprint density at radius 3 is 1.46 bits per heavy atom. The van der Waals surface area contributed by atoms with Crippen molar-refractivity contribution in [2.75, 3.05) is 26.4 Å². The minimum absolute atomic E-state index is 0.0200. The first-order chi connectivity index (χ1) is 11.5. The van der Waals surface area contributed by atoms with Crippen molar-refractivity contribution in [2.45, 2.75) is 59.3 Å². The lowest BCUT2D eigenvalue weighted by Crippen LogP contribution is -2.49. The van der Waals surface area contributed by atoms with Crippen molar-refractivity contribution in [3.05, 3.63) is 0 Å². The fraction of sp³-hybridized carbons (Fsp3) is 0.824. The predicted molar refractivity (Wildman–Crippen MR) is 89.1 cm³/mol. The first-order valence-electron chi connectivity index (χ1n) is 8.72. The van der Waals surface area contributed by atoms with Crippen LogP contribution in [0, 0.1) is 5.41 Å². The molecular weight excluding hydrogens is 314 g/mol. The number of carbonyl (C=O) groups is 3. The molecule has 7 nitrogen and oxygen atoms in total. The third kappa shape index (κ3) is 6.47. The highest BCUT2D eigenvalue weighted by molar-refractivity contribution is 6.17. The van der Waals surface area contributed by atoms with Crippen LogP contribution in [0.3, 0.4) is 0 Å². The van der Waals surface area contributed by atoms with Gasteiger partial charge in [-0.3, -0.25) is 14.4 Å². The molecule has 0 spiro atoms. The molecule has 0 unspecified atom stereocenters. The molecule has 0 amide bonds. The summed E-state index contributed by atoms with van der Waals surface area (Å²) in [6, 6.07) is 0. The number of nitrogens with two attached hydrogens (primary N) is 1. The monoisotopic (exact) mass is 345 g/mol. The summed E-state index contributed by atoms with van der Waals surface area (Å²) in [6.07, 6.45) is 4.13. The summed E-state index contributed by atoms with van der Waals surface area (Å²) in [4.78, 5) is 37.3. The van der Waals surface area contributed by atoms with Gasteiger partial charge in [0.15, 0.2) is 0 Å². The molecule has 0 aliphatic rings. The molecule has 0 radical (unpaired) electrons. The van der Waals surface area contributed by atoms with E-state index in [0.717, 1.165) is 25.7 Å². The van der Waals surface area contributed by atoms with Gasteiger partial charge in [0.05, 0.1) is 19.8 Å². The molecule has 7 heteroatoms. The Hall–Kier alpha value is -1.63. The van der Waals surface area contributed by atoms with E-state index in [4.69, 9.17) is 19.9 Å². The minimum atomic E-state index is -2.03.